The number of nitrogens with zero attached hydrogens (tertiary/aromatic N) is 3. The Morgan fingerprint density at radius 1 is 1.03 bits per heavy atom. The molecule has 1 atom stereocenters. The maximum absolute atomic E-state index is 12.9. The first-order chi connectivity index (χ1) is 14.1. The van der Waals surface area contributed by atoms with Gasteiger partial charge in [-0.25, -0.2) is 0 Å². The van der Waals surface area contributed by atoms with Crippen molar-refractivity contribution in [1.29, 1.82) is 0 Å². The van der Waals surface area contributed by atoms with Gasteiger partial charge in [0, 0.05) is 43.3 Å². The number of carbonyl (C=O) groups is 2. The van der Waals surface area contributed by atoms with E-state index in [-0.39, 0.29) is 17.8 Å². The monoisotopic (exact) mass is 391 g/mol. The van der Waals surface area contributed by atoms with Gasteiger partial charge in [0.05, 0.1) is 11.6 Å². The van der Waals surface area contributed by atoms with Crippen LogP contribution < -0.4 is 9.80 Å². The van der Waals surface area contributed by atoms with Crippen molar-refractivity contribution in [2.45, 2.75) is 38.6 Å². The second-order valence-electron chi connectivity index (χ2n) is 7.46. The van der Waals surface area contributed by atoms with Crippen molar-refractivity contribution in [1.82, 2.24) is 4.98 Å². The minimum absolute atomic E-state index is 0.156. The third-order valence-corrected chi connectivity index (χ3v) is 5.70. The summed E-state index contributed by atoms with van der Waals surface area (Å²) in [6.45, 7) is 3.81. The van der Waals surface area contributed by atoms with E-state index in [1.165, 1.54) is 24.2 Å². The van der Waals surface area contributed by atoms with Crippen molar-refractivity contribution in [3.63, 3.8) is 0 Å². The Hall–Kier alpha value is -3.15. The fourth-order valence-electron chi connectivity index (χ4n) is 4.18. The number of ketones is 1. The molecule has 2 aliphatic heterocycles. The van der Waals surface area contributed by atoms with Crippen LogP contribution in [0, 0.1) is 0 Å². The van der Waals surface area contributed by atoms with Crippen LogP contribution in [-0.4, -0.2) is 34.9 Å². The van der Waals surface area contributed by atoms with E-state index in [0.717, 1.165) is 24.3 Å². The lowest BCUT2D eigenvalue weighted by molar-refractivity contribution is -0.118. The lowest BCUT2D eigenvalue weighted by Crippen LogP contribution is -2.31. The molecule has 3 heterocycles. The van der Waals surface area contributed by atoms with Gasteiger partial charge in [0.25, 0.3) is 5.91 Å². The van der Waals surface area contributed by atoms with Gasteiger partial charge < -0.3 is 10.0 Å². The molecule has 2 aromatic rings. The number of aliphatic hydroxyl groups is 1. The summed E-state index contributed by atoms with van der Waals surface area (Å²) < 4.78 is 0. The highest BCUT2D eigenvalue weighted by atomic mass is 16.3. The van der Waals surface area contributed by atoms with E-state index in [1.54, 1.807) is 31.5 Å². The minimum Gasteiger partial charge on any atom is -0.503 e. The fourth-order valence-corrected chi connectivity index (χ4v) is 4.18. The smallest absolute Gasteiger partial charge is 0.294 e. The number of Topliss-reactive ketones (excluding diaryl/α,β-unsaturated/α-hetero) is 1. The van der Waals surface area contributed by atoms with Gasteiger partial charge in [0.2, 0.25) is 0 Å². The molecule has 4 rings (SSSR count). The van der Waals surface area contributed by atoms with Gasteiger partial charge in [-0.05, 0) is 61.2 Å². The first-order valence-electron chi connectivity index (χ1n) is 10.2. The van der Waals surface area contributed by atoms with Crippen LogP contribution in [0.4, 0.5) is 11.4 Å². The lowest BCUT2D eigenvalue weighted by atomic mass is 9.95. The SMILES string of the molecule is CCC(=O)C1=C(O)C(=O)N(c2ccc(N3CCCCC3)cc2)C1c1ccncc1. The van der Waals surface area contributed by atoms with E-state index >= 15 is 0 Å². The standard InChI is InChI=1S/C23H25N3O3/c1-2-19(27)20-21(16-10-12-24-13-11-16)26(23(29)22(20)28)18-8-6-17(7-9-18)25-14-4-3-5-15-25/h6-13,21,28H,2-5,14-15H2,1H3. The molecule has 1 unspecified atom stereocenters. The van der Waals surface area contributed by atoms with Crippen LogP contribution in [-0.2, 0) is 9.59 Å². The molecule has 0 bridgehead atoms. The van der Waals surface area contributed by atoms with Crippen LogP contribution in [0.2, 0.25) is 0 Å². The number of piperidine rings is 1. The molecule has 1 amide bonds. The number of anilines is 2. The van der Waals surface area contributed by atoms with Crippen molar-refractivity contribution in [3.8, 4) is 0 Å². The summed E-state index contributed by atoms with van der Waals surface area (Å²) in [5, 5.41) is 10.5. The van der Waals surface area contributed by atoms with Crippen LogP contribution in [0.5, 0.6) is 0 Å². The molecule has 0 spiro atoms. The second-order valence-corrected chi connectivity index (χ2v) is 7.46. The van der Waals surface area contributed by atoms with E-state index in [9.17, 15) is 14.7 Å². The first-order valence-corrected chi connectivity index (χ1v) is 10.2. The molecule has 29 heavy (non-hydrogen) atoms. The van der Waals surface area contributed by atoms with E-state index in [1.807, 2.05) is 24.3 Å². The minimum atomic E-state index is -0.654. The fraction of sp³-hybridized carbons (Fsp3) is 0.348. The zero-order chi connectivity index (χ0) is 20.4. The summed E-state index contributed by atoms with van der Waals surface area (Å²) in [6, 6.07) is 10.7. The zero-order valence-corrected chi connectivity index (χ0v) is 16.5. The topological polar surface area (TPSA) is 73.7 Å². The Kier molecular flexibility index (Phi) is 5.34. The maximum Gasteiger partial charge on any atom is 0.294 e. The zero-order valence-electron chi connectivity index (χ0n) is 16.5. The van der Waals surface area contributed by atoms with E-state index in [0.29, 0.717) is 5.69 Å². The third-order valence-electron chi connectivity index (χ3n) is 5.70. The molecule has 0 saturated carbocycles. The number of hydrogen-bond acceptors (Lipinski definition) is 5. The molecule has 1 fully saturated rings. The highest BCUT2D eigenvalue weighted by Crippen LogP contribution is 2.41. The number of pyridine rings is 1. The molecule has 1 aromatic heterocycles. The second kappa shape index (κ2) is 8.07. The van der Waals surface area contributed by atoms with Gasteiger partial charge in [-0.15, -0.1) is 0 Å². The predicted molar refractivity (Wildman–Crippen MR) is 112 cm³/mol. The number of carbonyl (C=O) groups excluding carboxylic acids is 2. The first kappa shape index (κ1) is 19.2. The summed E-state index contributed by atoms with van der Waals surface area (Å²) in [5.41, 5.74) is 2.68. The van der Waals surface area contributed by atoms with Crippen molar-refractivity contribution in [2.24, 2.45) is 0 Å². The van der Waals surface area contributed by atoms with E-state index in [2.05, 4.69) is 9.88 Å². The average Bonchev–Trinajstić information content (AvgIpc) is 3.05. The largest absolute Gasteiger partial charge is 0.503 e. The molecule has 2 aliphatic rings. The van der Waals surface area contributed by atoms with Gasteiger partial charge in [-0.3, -0.25) is 19.5 Å². The van der Waals surface area contributed by atoms with Crippen molar-refractivity contribution < 1.29 is 14.7 Å². The third kappa shape index (κ3) is 3.50. The van der Waals surface area contributed by atoms with Gasteiger partial charge in [0.1, 0.15) is 0 Å². The summed E-state index contributed by atoms with van der Waals surface area (Å²) in [5.74, 6) is -1.24. The van der Waals surface area contributed by atoms with Gasteiger partial charge in [-0.1, -0.05) is 6.92 Å². The van der Waals surface area contributed by atoms with Crippen LogP contribution in [0.3, 0.4) is 0 Å². The molecular formula is C23H25N3O3. The Labute approximate surface area is 170 Å². The molecule has 150 valence electrons. The number of hydrogen-bond donors (Lipinski definition) is 1. The number of aromatic nitrogens is 1. The van der Waals surface area contributed by atoms with Crippen molar-refractivity contribution in [3.05, 3.63) is 65.7 Å². The van der Waals surface area contributed by atoms with Gasteiger partial charge in [0.15, 0.2) is 11.5 Å². The molecule has 0 radical (unpaired) electrons. The molecule has 6 heteroatoms. The Balaban J connectivity index is 1.71. The summed E-state index contributed by atoms with van der Waals surface area (Å²) in [4.78, 5) is 33.4. The van der Waals surface area contributed by atoms with Crippen molar-refractivity contribution >= 4 is 23.1 Å². The number of aliphatic hydroxyl groups excluding tert-OH is 1. The van der Waals surface area contributed by atoms with E-state index < -0.39 is 17.7 Å². The van der Waals surface area contributed by atoms with Gasteiger partial charge >= 0.3 is 0 Å². The van der Waals surface area contributed by atoms with Crippen LogP contribution in [0.25, 0.3) is 0 Å². The van der Waals surface area contributed by atoms with Crippen molar-refractivity contribution in [2.75, 3.05) is 22.9 Å². The Bertz CT molecular complexity index is 932. The molecular weight excluding hydrogens is 366 g/mol. The number of rotatable bonds is 5. The summed E-state index contributed by atoms with van der Waals surface area (Å²) in [7, 11) is 0. The quantitative estimate of drug-likeness (QED) is 0.835. The highest BCUT2D eigenvalue weighted by Gasteiger charge is 2.43. The molecule has 0 aliphatic carbocycles. The Morgan fingerprint density at radius 3 is 2.28 bits per heavy atom. The normalized spacial score (nSPS) is 19.8. The summed E-state index contributed by atoms with van der Waals surface area (Å²) >= 11 is 0. The predicted octanol–water partition coefficient (Wildman–Crippen LogP) is 3.95. The van der Waals surface area contributed by atoms with E-state index in [4.69, 9.17) is 0 Å². The van der Waals surface area contributed by atoms with Crippen LogP contribution in [0.1, 0.15) is 44.2 Å². The Morgan fingerprint density at radius 2 is 1.66 bits per heavy atom. The van der Waals surface area contributed by atoms with Crippen LogP contribution >= 0.6 is 0 Å². The molecule has 1 aromatic carbocycles. The van der Waals surface area contributed by atoms with Crippen LogP contribution in [0.15, 0.2) is 60.1 Å². The average molecular weight is 391 g/mol. The van der Waals surface area contributed by atoms with Gasteiger partial charge in [-0.2, -0.15) is 0 Å². The number of benzene rings is 1. The number of amides is 1. The lowest BCUT2D eigenvalue weighted by Gasteiger charge is -2.30. The highest BCUT2D eigenvalue weighted by molar-refractivity contribution is 6.16. The maximum atomic E-state index is 12.9. The molecule has 1 saturated heterocycles. The summed E-state index contributed by atoms with van der Waals surface area (Å²) in [6.07, 6.45) is 7.12. The molecule has 1 N–H and O–H groups in total. The molecule has 6 nitrogen and oxygen atoms in total.